The molecule has 0 amide bonds. The molecule has 0 atom stereocenters. The van der Waals surface area contributed by atoms with Gasteiger partial charge in [-0.3, -0.25) is 0 Å². The van der Waals surface area contributed by atoms with E-state index in [1.807, 2.05) is 0 Å². The van der Waals surface area contributed by atoms with Crippen LogP contribution in [0, 0.1) is 0 Å². The van der Waals surface area contributed by atoms with Gasteiger partial charge in [-0.15, -0.1) is 0 Å². The summed E-state index contributed by atoms with van der Waals surface area (Å²) in [5.41, 5.74) is 3.15. The van der Waals surface area contributed by atoms with Crippen LogP contribution in [-0.4, -0.2) is 6.54 Å². The molecule has 2 rings (SSSR count). The topological polar surface area (TPSA) is 12.0 Å². The molecule has 1 nitrogen and oxygen atoms in total. The Kier molecular flexibility index (Phi) is 2.56. The van der Waals surface area contributed by atoms with Crippen molar-refractivity contribution < 1.29 is 0 Å². The van der Waals surface area contributed by atoms with E-state index in [0.717, 1.165) is 6.54 Å². The number of hydrogen-bond acceptors (Lipinski definition) is 1. The Balaban J connectivity index is 2.53. The molecule has 0 radical (unpaired) electrons. The molecule has 0 aromatic heterocycles. The minimum absolute atomic E-state index is 0.360. The van der Waals surface area contributed by atoms with Crippen LogP contribution >= 0.6 is 15.9 Å². The van der Waals surface area contributed by atoms with Crippen molar-refractivity contribution in [3.63, 3.8) is 0 Å². The van der Waals surface area contributed by atoms with Crippen molar-refractivity contribution in [3.8, 4) is 0 Å². The first-order valence-electron chi connectivity index (χ1n) is 5.26. The second kappa shape index (κ2) is 3.58. The molecule has 0 bridgehead atoms. The van der Waals surface area contributed by atoms with Crippen LogP contribution in [0.15, 0.2) is 22.7 Å². The number of anilines is 1. The molecular weight excluding hydrogens is 238 g/mol. The van der Waals surface area contributed by atoms with E-state index in [0.29, 0.717) is 5.41 Å². The third-order valence-electron chi connectivity index (χ3n) is 3.54. The number of halogens is 1. The van der Waals surface area contributed by atoms with Gasteiger partial charge in [-0.05, 0) is 40.4 Å². The highest BCUT2D eigenvalue weighted by atomic mass is 79.9. The number of rotatable bonds is 2. The summed E-state index contributed by atoms with van der Waals surface area (Å²) in [5, 5.41) is 3.51. The summed E-state index contributed by atoms with van der Waals surface area (Å²) in [6.07, 6.45) is 2.42. The molecule has 0 fully saturated rings. The van der Waals surface area contributed by atoms with Gasteiger partial charge in [0.1, 0.15) is 0 Å². The molecule has 0 spiro atoms. The van der Waals surface area contributed by atoms with Gasteiger partial charge < -0.3 is 5.32 Å². The van der Waals surface area contributed by atoms with Gasteiger partial charge in [0.25, 0.3) is 0 Å². The molecule has 1 heterocycles. The fourth-order valence-electron chi connectivity index (χ4n) is 2.38. The van der Waals surface area contributed by atoms with E-state index < -0.39 is 0 Å². The predicted octanol–water partition coefficient (Wildman–Crippen LogP) is 3.93. The van der Waals surface area contributed by atoms with Gasteiger partial charge in [-0.1, -0.05) is 26.0 Å². The van der Waals surface area contributed by atoms with E-state index in [9.17, 15) is 0 Å². The van der Waals surface area contributed by atoms with Gasteiger partial charge in [0, 0.05) is 16.4 Å². The lowest BCUT2D eigenvalue weighted by molar-refractivity contribution is 0.437. The second-order valence-corrected chi connectivity index (χ2v) is 4.86. The van der Waals surface area contributed by atoms with Crippen LogP contribution in [0.2, 0.25) is 0 Å². The average molecular weight is 254 g/mol. The molecule has 0 unspecified atom stereocenters. The zero-order valence-electron chi connectivity index (χ0n) is 8.73. The highest BCUT2D eigenvalue weighted by Gasteiger charge is 2.36. The third-order valence-corrected chi connectivity index (χ3v) is 4.20. The molecule has 2 heteroatoms. The van der Waals surface area contributed by atoms with Gasteiger partial charge in [-0.25, -0.2) is 0 Å². The molecule has 1 aliphatic heterocycles. The monoisotopic (exact) mass is 253 g/mol. The van der Waals surface area contributed by atoms with Crippen molar-refractivity contribution in [1.82, 2.24) is 0 Å². The Morgan fingerprint density at radius 3 is 2.71 bits per heavy atom. The average Bonchev–Trinajstić information content (AvgIpc) is 2.59. The second-order valence-electron chi connectivity index (χ2n) is 4.00. The Morgan fingerprint density at radius 2 is 2.07 bits per heavy atom. The standard InChI is InChI=1S/C12H16BrN/c1-3-12(4-2)8-14-11-9(12)6-5-7-10(11)13/h5-7,14H,3-4,8H2,1-2H3. The third kappa shape index (κ3) is 1.28. The number of hydrogen-bond donors (Lipinski definition) is 1. The molecule has 1 N–H and O–H groups in total. The molecule has 0 aliphatic carbocycles. The summed E-state index contributed by atoms with van der Waals surface area (Å²) in [6, 6.07) is 6.50. The highest BCUT2D eigenvalue weighted by Crippen LogP contribution is 2.44. The van der Waals surface area contributed by atoms with E-state index in [-0.39, 0.29) is 0 Å². The van der Waals surface area contributed by atoms with Crippen LogP contribution in [0.1, 0.15) is 32.3 Å². The van der Waals surface area contributed by atoms with Crippen LogP contribution in [-0.2, 0) is 5.41 Å². The van der Waals surface area contributed by atoms with Crippen molar-refractivity contribution >= 4 is 21.6 Å². The lowest BCUT2D eigenvalue weighted by Crippen LogP contribution is -2.26. The van der Waals surface area contributed by atoms with E-state index in [4.69, 9.17) is 0 Å². The normalized spacial score (nSPS) is 17.6. The van der Waals surface area contributed by atoms with E-state index in [1.165, 1.54) is 28.6 Å². The van der Waals surface area contributed by atoms with Crippen molar-refractivity contribution in [1.29, 1.82) is 0 Å². The lowest BCUT2D eigenvalue weighted by atomic mass is 9.78. The molecule has 0 saturated heterocycles. The first kappa shape index (κ1) is 10.0. The summed E-state index contributed by atoms with van der Waals surface area (Å²) < 4.78 is 1.19. The van der Waals surface area contributed by atoms with E-state index in [2.05, 4.69) is 53.3 Å². The van der Waals surface area contributed by atoms with Crippen LogP contribution in [0.3, 0.4) is 0 Å². The summed E-state index contributed by atoms with van der Waals surface area (Å²) in [7, 11) is 0. The fourth-order valence-corrected chi connectivity index (χ4v) is 2.89. The van der Waals surface area contributed by atoms with Crippen LogP contribution in [0.4, 0.5) is 5.69 Å². The lowest BCUT2D eigenvalue weighted by Gasteiger charge is -2.26. The SMILES string of the molecule is CCC1(CC)CNc2c(Br)cccc21. The van der Waals surface area contributed by atoms with Crippen molar-refractivity contribution in [2.24, 2.45) is 0 Å². The first-order valence-corrected chi connectivity index (χ1v) is 6.05. The summed E-state index contributed by atoms with van der Waals surface area (Å²) >= 11 is 3.59. The Hall–Kier alpha value is -0.500. The molecule has 76 valence electrons. The maximum atomic E-state index is 3.59. The number of para-hydroxylation sites is 1. The first-order chi connectivity index (χ1) is 6.73. The molecule has 14 heavy (non-hydrogen) atoms. The van der Waals surface area contributed by atoms with Crippen LogP contribution in [0.5, 0.6) is 0 Å². The van der Waals surface area contributed by atoms with Gasteiger partial charge in [0.2, 0.25) is 0 Å². The maximum Gasteiger partial charge on any atom is 0.0523 e. The largest absolute Gasteiger partial charge is 0.383 e. The molecule has 1 aromatic rings. The summed E-state index contributed by atoms with van der Waals surface area (Å²) in [6.45, 7) is 5.64. The summed E-state index contributed by atoms with van der Waals surface area (Å²) in [4.78, 5) is 0. The minimum atomic E-state index is 0.360. The minimum Gasteiger partial charge on any atom is -0.383 e. The maximum absolute atomic E-state index is 3.59. The van der Waals surface area contributed by atoms with E-state index in [1.54, 1.807) is 0 Å². The van der Waals surface area contributed by atoms with Crippen LogP contribution in [0.25, 0.3) is 0 Å². The van der Waals surface area contributed by atoms with Crippen molar-refractivity contribution in [2.45, 2.75) is 32.1 Å². The van der Waals surface area contributed by atoms with Crippen LogP contribution < -0.4 is 5.32 Å². The number of nitrogens with one attached hydrogen (secondary N) is 1. The molecule has 0 saturated carbocycles. The zero-order chi connectivity index (χ0) is 10.2. The quantitative estimate of drug-likeness (QED) is 0.843. The van der Waals surface area contributed by atoms with Gasteiger partial charge in [0.05, 0.1) is 5.69 Å². The number of fused-ring (bicyclic) bond motifs is 1. The van der Waals surface area contributed by atoms with Gasteiger partial charge >= 0.3 is 0 Å². The predicted molar refractivity (Wildman–Crippen MR) is 64.9 cm³/mol. The molecule has 1 aromatic carbocycles. The smallest absolute Gasteiger partial charge is 0.0523 e. The highest BCUT2D eigenvalue weighted by molar-refractivity contribution is 9.10. The Morgan fingerprint density at radius 1 is 1.36 bits per heavy atom. The van der Waals surface area contributed by atoms with E-state index >= 15 is 0 Å². The zero-order valence-corrected chi connectivity index (χ0v) is 10.3. The number of benzene rings is 1. The Labute approximate surface area is 94.0 Å². The Bertz CT molecular complexity index is 342. The van der Waals surface area contributed by atoms with Crippen molar-refractivity contribution in [3.05, 3.63) is 28.2 Å². The summed E-state index contributed by atoms with van der Waals surface area (Å²) in [5.74, 6) is 0. The fraction of sp³-hybridized carbons (Fsp3) is 0.500. The van der Waals surface area contributed by atoms with Crippen molar-refractivity contribution in [2.75, 3.05) is 11.9 Å². The molecule has 1 aliphatic rings. The van der Waals surface area contributed by atoms with Gasteiger partial charge in [0.15, 0.2) is 0 Å². The van der Waals surface area contributed by atoms with Gasteiger partial charge in [-0.2, -0.15) is 0 Å². The molecular formula is C12H16BrN.